The number of anilines is 1. The normalized spacial score (nSPS) is 14.9. The Kier molecular flexibility index (Phi) is 6.85. The Balaban J connectivity index is 1.39. The fraction of sp³-hybridized carbons (Fsp3) is 0.226. The van der Waals surface area contributed by atoms with Crippen molar-refractivity contribution in [1.29, 1.82) is 0 Å². The van der Waals surface area contributed by atoms with Gasteiger partial charge in [-0.15, -0.1) is 0 Å². The number of ether oxygens (including phenoxy) is 1. The molecule has 37 heavy (non-hydrogen) atoms. The van der Waals surface area contributed by atoms with Gasteiger partial charge in [0.25, 0.3) is 5.91 Å². The van der Waals surface area contributed by atoms with Crippen LogP contribution in [0.15, 0.2) is 78.6 Å². The minimum absolute atomic E-state index is 0.112. The molecule has 3 aromatic carbocycles. The van der Waals surface area contributed by atoms with Crippen molar-refractivity contribution in [3.05, 3.63) is 101 Å². The summed E-state index contributed by atoms with van der Waals surface area (Å²) in [5.41, 5.74) is 6.94. The predicted octanol–water partition coefficient (Wildman–Crippen LogP) is 6.64. The third kappa shape index (κ3) is 4.77. The molecule has 0 saturated carbocycles. The molecule has 1 amide bonds. The van der Waals surface area contributed by atoms with Gasteiger partial charge in [0.05, 0.1) is 12.3 Å². The summed E-state index contributed by atoms with van der Waals surface area (Å²) >= 11 is 5.68. The van der Waals surface area contributed by atoms with Crippen molar-refractivity contribution in [1.82, 2.24) is 9.47 Å². The largest absolute Gasteiger partial charge is 0.493 e. The number of carbonyl (C=O) groups is 1. The molecular formula is C31H31N3O2S. The molecule has 0 radical (unpaired) electrons. The van der Waals surface area contributed by atoms with E-state index in [1.54, 1.807) is 9.80 Å². The number of aryl methyl sites for hydroxylation is 4. The number of benzene rings is 3. The van der Waals surface area contributed by atoms with Gasteiger partial charge in [-0.2, -0.15) is 0 Å². The number of thiocarbonyl (C=S) groups is 1. The van der Waals surface area contributed by atoms with E-state index in [2.05, 4.69) is 42.8 Å². The van der Waals surface area contributed by atoms with Gasteiger partial charge in [-0.05, 0) is 86.4 Å². The van der Waals surface area contributed by atoms with Crippen molar-refractivity contribution in [2.24, 2.45) is 0 Å². The SMILES string of the molecule is Cc1ccc(N2C(=O)/C(=C/c3cn(CCCOc4ccccc4C)c4ccccc34)N(C)C2=S)cc1C. The summed E-state index contributed by atoms with van der Waals surface area (Å²) in [5, 5.41) is 1.59. The summed E-state index contributed by atoms with van der Waals surface area (Å²) in [7, 11) is 1.86. The summed E-state index contributed by atoms with van der Waals surface area (Å²) in [4.78, 5) is 17.0. The van der Waals surface area contributed by atoms with Crippen LogP contribution in [0.1, 0.15) is 28.7 Å². The number of hydrogen-bond acceptors (Lipinski definition) is 3. The molecule has 1 fully saturated rings. The number of likely N-dealkylation sites (N-methyl/N-ethyl adjacent to an activating group) is 1. The van der Waals surface area contributed by atoms with Gasteiger partial charge in [-0.25, -0.2) is 0 Å². The quantitative estimate of drug-likeness (QED) is 0.159. The lowest BCUT2D eigenvalue weighted by Gasteiger charge is -2.17. The highest BCUT2D eigenvalue weighted by Crippen LogP contribution is 2.31. The average molecular weight is 510 g/mol. The van der Waals surface area contributed by atoms with Crippen molar-refractivity contribution in [2.45, 2.75) is 33.7 Å². The average Bonchev–Trinajstić information content (AvgIpc) is 3.34. The molecule has 0 aliphatic carbocycles. The highest BCUT2D eigenvalue weighted by atomic mass is 32.1. The van der Waals surface area contributed by atoms with Crippen LogP contribution in [0.3, 0.4) is 0 Å². The topological polar surface area (TPSA) is 37.7 Å². The van der Waals surface area contributed by atoms with Crippen LogP contribution in [0.2, 0.25) is 0 Å². The van der Waals surface area contributed by atoms with Gasteiger partial charge in [0.1, 0.15) is 11.4 Å². The second-order valence-corrected chi connectivity index (χ2v) is 9.91. The molecule has 0 unspecified atom stereocenters. The minimum atomic E-state index is -0.112. The maximum Gasteiger partial charge on any atom is 0.281 e. The first kappa shape index (κ1) is 24.8. The summed E-state index contributed by atoms with van der Waals surface area (Å²) in [6.45, 7) is 7.61. The summed E-state index contributed by atoms with van der Waals surface area (Å²) in [6.07, 6.45) is 4.94. The molecule has 0 atom stereocenters. The zero-order valence-electron chi connectivity index (χ0n) is 21.7. The van der Waals surface area contributed by atoms with Crippen molar-refractivity contribution in [3.63, 3.8) is 0 Å². The number of para-hydroxylation sites is 2. The lowest BCUT2D eigenvalue weighted by molar-refractivity contribution is -0.114. The van der Waals surface area contributed by atoms with Crippen LogP contribution in [-0.2, 0) is 11.3 Å². The van der Waals surface area contributed by atoms with Crippen molar-refractivity contribution in [3.8, 4) is 5.75 Å². The number of hydrogen-bond donors (Lipinski definition) is 0. The molecule has 0 spiro atoms. The lowest BCUT2D eigenvalue weighted by atomic mass is 10.1. The van der Waals surface area contributed by atoms with E-state index < -0.39 is 0 Å². The van der Waals surface area contributed by atoms with Gasteiger partial charge in [0, 0.05) is 36.3 Å². The fourth-order valence-electron chi connectivity index (χ4n) is 4.71. The molecular weight excluding hydrogens is 478 g/mol. The van der Waals surface area contributed by atoms with Crippen molar-refractivity contribution in [2.75, 3.05) is 18.6 Å². The zero-order chi connectivity index (χ0) is 26.1. The molecule has 5 rings (SSSR count). The van der Waals surface area contributed by atoms with Crippen LogP contribution in [0, 0.1) is 20.8 Å². The van der Waals surface area contributed by atoms with Crippen molar-refractivity contribution >= 4 is 45.9 Å². The van der Waals surface area contributed by atoms with E-state index in [4.69, 9.17) is 17.0 Å². The second-order valence-electron chi connectivity index (χ2n) is 9.54. The molecule has 4 aromatic rings. The van der Waals surface area contributed by atoms with Crippen LogP contribution in [0.4, 0.5) is 5.69 Å². The number of carbonyl (C=O) groups excluding carboxylic acids is 1. The lowest BCUT2D eigenvalue weighted by Crippen LogP contribution is -2.31. The van der Waals surface area contributed by atoms with E-state index in [1.165, 1.54) is 5.56 Å². The Labute approximate surface area is 223 Å². The molecule has 188 valence electrons. The third-order valence-electron chi connectivity index (χ3n) is 7.02. The monoisotopic (exact) mass is 509 g/mol. The van der Waals surface area contributed by atoms with Crippen LogP contribution in [0.5, 0.6) is 5.75 Å². The van der Waals surface area contributed by atoms with E-state index in [1.807, 2.05) is 68.6 Å². The fourth-order valence-corrected chi connectivity index (χ4v) is 4.99. The Bertz CT molecular complexity index is 1530. The molecule has 0 N–H and O–H groups in total. The maximum absolute atomic E-state index is 13.5. The summed E-state index contributed by atoms with van der Waals surface area (Å²) in [5.74, 6) is 0.816. The van der Waals surface area contributed by atoms with E-state index in [0.717, 1.165) is 52.0 Å². The van der Waals surface area contributed by atoms with Crippen LogP contribution < -0.4 is 9.64 Å². The Morgan fingerprint density at radius 1 is 0.919 bits per heavy atom. The highest BCUT2D eigenvalue weighted by molar-refractivity contribution is 7.80. The maximum atomic E-state index is 13.5. The molecule has 1 aliphatic rings. The van der Waals surface area contributed by atoms with Gasteiger partial charge in [-0.1, -0.05) is 42.5 Å². The molecule has 1 aliphatic heterocycles. The third-order valence-corrected chi connectivity index (χ3v) is 7.47. The molecule has 6 heteroatoms. The zero-order valence-corrected chi connectivity index (χ0v) is 22.5. The number of nitrogens with zero attached hydrogens (tertiary/aromatic N) is 3. The minimum Gasteiger partial charge on any atom is -0.493 e. The van der Waals surface area contributed by atoms with Crippen LogP contribution >= 0.6 is 12.2 Å². The Hall–Kier alpha value is -3.90. The number of rotatable bonds is 7. The summed E-state index contributed by atoms with van der Waals surface area (Å²) in [6, 6.07) is 22.4. The predicted molar refractivity (Wildman–Crippen MR) is 155 cm³/mol. The van der Waals surface area contributed by atoms with Crippen molar-refractivity contribution < 1.29 is 9.53 Å². The number of aromatic nitrogens is 1. The molecule has 1 saturated heterocycles. The van der Waals surface area contributed by atoms with Gasteiger partial charge < -0.3 is 14.2 Å². The molecule has 1 aromatic heterocycles. The Morgan fingerprint density at radius 3 is 2.46 bits per heavy atom. The standard InChI is InChI=1S/C31H31N3O2S/c1-21-14-15-25(18-23(21)3)34-30(35)28(32(4)31(34)37)19-24-20-33(27-12-7-6-11-26(24)27)16-9-17-36-29-13-8-5-10-22(29)2/h5-8,10-15,18-20H,9,16-17H2,1-4H3/b28-19-. The smallest absolute Gasteiger partial charge is 0.281 e. The summed E-state index contributed by atoms with van der Waals surface area (Å²) < 4.78 is 8.24. The first-order chi connectivity index (χ1) is 17.8. The van der Waals surface area contributed by atoms with Gasteiger partial charge >= 0.3 is 0 Å². The first-order valence-electron chi connectivity index (χ1n) is 12.5. The van der Waals surface area contributed by atoms with Crippen LogP contribution in [-0.4, -0.2) is 34.1 Å². The molecule has 2 heterocycles. The van der Waals surface area contributed by atoms with E-state index in [9.17, 15) is 4.79 Å². The molecule has 5 nitrogen and oxygen atoms in total. The number of amides is 1. The first-order valence-corrected chi connectivity index (χ1v) is 12.9. The van der Waals surface area contributed by atoms with Gasteiger partial charge in [-0.3, -0.25) is 9.69 Å². The van der Waals surface area contributed by atoms with E-state index >= 15 is 0 Å². The highest BCUT2D eigenvalue weighted by Gasteiger charge is 2.37. The van der Waals surface area contributed by atoms with E-state index in [0.29, 0.717) is 17.4 Å². The number of fused-ring (bicyclic) bond motifs is 1. The Morgan fingerprint density at radius 2 is 1.68 bits per heavy atom. The van der Waals surface area contributed by atoms with E-state index in [-0.39, 0.29) is 5.91 Å². The van der Waals surface area contributed by atoms with Gasteiger partial charge in [0.15, 0.2) is 5.11 Å². The molecule has 0 bridgehead atoms. The second kappa shape index (κ2) is 10.2. The van der Waals surface area contributed by atoms with Crippen LogP contribution in [0.25, 0.3) is 17.0 Å². The van der Waals surface area contributed by atoms with Gasteiger partial charge in [0.2, 0.25) is 0 Å².